The second-order valence-corrected chi connectivity index (χ2v) is 2.93. The van der Waals surface area contributed by atoms with Crippen molar-refractivity contribution in [2.24, 2.45) is 0 Å². The molecule has 1 N–H and O–H groups in total. The largest absolute Gasteiger partial charge is 0.394 e. The average Bonchev–Trinajstić information content (AvgIpc) is 1.95. The van der Waals surface area contributed by atoms with Gasteiger partial charge in [-0.25, -0.2) is 0 Å². The Balaban J connectivity index is 2.33. The summed E-state index contributed by atoms with van der Waals surface area (Å²) in [6.45, 7) is 3.84. The Hall–Kier alpha value is -0.120. The first-order chi connectivity index (χ1) is 4.74. The molecule has 1 heterocycles. The van der Waals surface area contributed by atoms with Gasteiger partial charge in [0, 0.05) is 12.6 Å². The summed E-state index contributed by atoms with van der Waals surface area (Å²) in [5.74, 6) is 0. The summed E-state index contributed by atoms with van der Waals surface area (Å²) < 4.78 is 5.32. The van der Waals surface area contributed by atoms with E-state index in [2.05, 4.69) is 18.9 Å². The zero-order valence-electron chi connectivity index (χ0n) is 6.58. The predicted molar refractivity (Wildman–Crippen MR) is 38.9 cm³/mol. The van der Waals surface area contributed by atoms with Gasteiger partial charge < -0.3 is 9.84 Å². The highest BCUT2D eigenvalue weighted by molar-refractivity contribution is 4.73. The van der Waals surface area contributed by atoms with E-state index in [-0.39, 0.29) is 12.7 Å². The van der Waals surface area contributed by atoms with Crippen molar-refractivity contribution in [2.45, 2.75) is 19.1 Å². The highest BCUT2D eigenvalue weighted by Gasteiger charge is 2.21. The zero-order chi connectivity index (χ0) is 7.56. The molecule has 2 atom stereocenters. The first-order valence-corrected chi connectivity index (χ1v) is 3.66. The van der Waals surface area contributed by atoms with E-state index in [1.807, 2.05) is 0 Å². The van der Waals surface area contributed by atoms with Crippen LogP contribution in [0.25, 0.3) is 0 Å². The normalized spacial score (nSPS) is 36.3. The number of ether oxygens (including phenoxy) is 1. The fraction of sp³-hybridized carbons (Fsp3) is 1.00. The first kappa shape index (κ1) is 7.98. The standard InChI is InChI=1S/C7H15NO2/c1-6-5-10-7(4-9)3-8(6)2/h6-7,9H,3-5H2,1-2H3/t6-,7-/m1/s1. The highest BCUT2D eigenvalue weighted by atomic mass is 16.5. The number of morpholine rings is 1. The van der Waals surface area contributed by atoms with Crippen molar-refractivity contribution in [2.75, 3.05) is 26.8 Å². The van der Waals surface area contributed by atoms with Crippen LogP contribution < -0.4 is 0 Å². The van der Waals surface area contributed by atoms with Gasteiger partial charge in [-0.3, -0.25) is 4.90 Å². The SMILES string of the molecule is C[C@@H]1CO[C@@H](CO)CN1C. The number of hydrogen-bond acceptors (Lipinski definition) is 3. The van der Waals surface area contributed by atoms with E-state index in [0.29, 0.717) is 6.04 Å². The van der Waals surface area contributed by atoms with Crippen LogP contribution in [0.5, 0.6) is 0 Å². The number of rotatable bonds is 1. The molecular weight excluding hydrogens is 130 g/mol. The Kier molecular flexibility index (Phi) is 2.65. The quantitative estimate of drug-likeness (QED) is 0.550. The van der Waals surface area contributed by atoms with Crippen LogP contribution >= 0.6 is 0 Å². The van der Waals surface area contributed by atoms with Gasteiger partial charge in [-0.2, -0.15) is 0 Å². The Morgan fingerprint density at radius 3 is 2.90 bits per heavy atom. The van der Waals surface area contributed by atoms with Crippen LogP contribution in [0.1, 0.15) is 6.92 Å². The molecule has 1 rings (SSSR count). The third-order valence-corrected chi connectivity index (χ3v) is 2.02. The molecule has 0 spiro atoms. The molecule has 0 amide bonds. The second-order valence-electron chi connectivity index (χ2n) is 2.93. The van der Waals surface area contributed by atoms with Gasteiger partial charge in [0.15, 0.2) is 0 Å². The van der Waals surface area contributed by atoms with Gasteiger partial charge in [0.05, 0.1) is 19.3 Å². The van der Waals surface area contributed by atoms with Crippen molar-refractivity contribution in [1.29, 1.82) is 0 Å². The van der Waals surface area contributed by atoms with Gasteiger partial charge in [0.1, 0.15) is 0 Å². The minimum atomic E-state index is 0.0289. The zero-order valence-corrected chi connectivity index (χ0v) is 6.58. The monoisotopic (exact) mass is 145 g/mol. The molecule has 0 aromatic carbocycles. The molecule has 1 aliphatic rings. The van der Waals surface area contributed by atoms with Crippen molar-refractivity contribution >= 4 is 0 Å². The summed E-state index contributed by atoms with van der Waals surface area (Å²) in [7, 11) is 2.05. The summed E-state index contributed by atoms with van der Waals surface area (Å²) in [6, 6.07) is 0.489. The van der Waals surface area contributed by atoms with Crippen LogP contribution in [0, 0.1) is 0 Å². The van der Waals surface area contributed by atoms with Crippen molar-refractivity contribution < 1.29 is 9.84 Å². The van der Waals surface area contributed by atoms with Crippen LogP contribution in [0.15, 0.2) is 0 Å². The molecule has 0 aromatic rings. The number of nitrogens with zero attached hydrogens (tertiary/aromatic N) is 1. The maximum absolute atomic E-state index is 8.74. The fourth-order valence-corrected chi connectivity index (χ4v) is 1.07. The van der Waals surface area contributed by atoms with Crippen LogP contribution in [0.3, 0.4) is 0 Å². The number of aliphatic hydroxyl groups is 1. The van der Waals surface area contributed by atoms with Crippen LogP contribution in [-0.4, -0.2) is 49.0 Å². The molecule has 0 unspecified atom stereocenters. The molecule has 0 aromatic heterocycles. The summed E-state index contributed by atoms with van der Waals surface area (Å²) in [6.07, 6.45) is 0.0289. The van der Waals surface area contributed by atoms with Gasteiger partial charge in [-0.05, 0) is 14.0 Å². The van der Waals surface area contributed by atoms with Gasteiger partial charge in [-0.15, -0.1) is 0 Å². The highest BCUT2D eigenvalue weighted by Crippen LogP contribution is 2.07. The fourth-order valence-electron chi connectivity index (χ4n) is 1.07. The van der Waals surface area contributed by atoms with E-state index in [1.165, 1.54) is 0 Å². The van der Waals surface area contributed by atoms with Gasteiger partial charge in [-0.1, -0.05) is 0 Å². The van der Waals surface area contributed by atoms with Crippen molar-refractivity contribution in [3.05, 3.63) is 0 Å². The van der Waals surface area contributed by atoms with Crippen LogP contribution in [0.4, 0.5) is 0 Å². The Labute approximate surface area is 61.6 Å². The second kappa shape index (κ2) is 3.32. The van der Waals surface area contributed by atoms with Gasteiger partial charge in [0.2, 0.25) is 0 Å². The molecule has 3 nitrogen and oxygen atoms in total. The lowest BCUT2D eigenvalue weighted by Gasteiger charge is -2.34. The lowest BCUT2D eigenvalue weighted by Crippen LogP contribution is -2.47. The average molecular weight is 145 g/mol. The van der Waals surface area contributed by atoms with E-state index in [4.69, 9.17) is 9.84 Å². The van der Waals surface area contributed by atoms with E-state index in [9.17, 15) is 0 Å². The molecule has 0 saturated carbocycles. The van der Waals surface area contributed by atoms with Crippen LogP contribution in [0.2, 0.25) is 0 Å². The molecule has 0 aliphatic carbocycles. The molecule has 1 aliphatic heterocycles. The number of aliphatic hydroxyl groups excluding tert-OH is 1. The topological polar surface area (TPSA) is 32.7 Å². The molecule has 1 fully saturated rings. The lowest BCUT2D eigenvalue weighted by molar-refractivity contribution is -0.0694. The van der Waals surface area contributed by atoms with E-state index >= 15 is 0 Å². The molecule has 0 radical (unpaired) electrons. The summed E-state index contributed by atoms with van der Waals surface area (Å²) in [5.41, 5.74) is 0. The maximum Gasteiger partial charge on any atom is 0.0933 e. The van der Waals surface area contributed by atoms with Gasteiger partial charge in [0.25, 0.3) is 0 Å². The van der Waals surface area contributed by atoms with Crippen molar-refractivity contribution in [3.8, 4) is 0 Å². The van der Waals surface area contributed by atoms with Crippen LogP contribution in [-0.2, 0) is 4.74 Å². The first-order valence-electron chi connectivity index (χ1n) is 3.66. The predicted octanol–water partition coefficient (Wildman–Crippen LogP) is -0.302. The summed E-state index contributed by atoms with van der Waals surface area (Å²) in [5, 5.41) is 8.74. The van der Waals surface area contributed by atoms with Crippen molar-refractivity contribution in [1.82, 2.24) is 4.90 Å². The minimum absolute atomic E-state index is 0.0289. The van der Waals surface area contributed by atoms with Gasteiger partial charge >= 0.3 is 0 Å². The minimum Gasteiger partial charge on any atom is -0.394 e. The number of likely N-dealkylation sites (N-methyl/N-ethyl adjacent to an activating group) is 1. The Morgan fingerprint density at radius 1 is 1.70 bits per heavy atom. The summed E-state index contributed by atoms with van der Waals surface area (Å²) >= 11 is 0. The molecule has 1 saturated heterocycles. The molecule has 10 heavy (non-hydrogen) atoms. The van der Waals surface area contributed by atoms with E-state index < -0.39 is 0 Å². The van der Waals surface area contributed by atoms with Crippen molar-refractivity contribution in [3.63, 3.8) is 0 Å². The molecule has 3 heteroatoms. The third kappa shape index (κ3) is 1.68. The Morgan fingerprint density at radius 2 is 2.40 bits per heavy atom. The Bertz CT molecular complexity index is 108. The van der Waals surface area contributed by atoms with E-state index in [0.717, 1.165) is 13.2 Å². The number of hydrogen-bond donors (Lipinski definition) is 1. The smallest absolute Gasteiger partial charge is 0.0933 e. The third-order valence-electron chi connectivity index (χ3n) is 2.02. The molecule has 60 valence electrons. The lowest BCUT2D eigenvalue weighted by atomic mass is 10.2. The molecular formula is C7H15NO2. The molecule has 0 bridgehead atoms. The maximum atomic E-state index is 8.74. The summed E-state index contributed by atoms with van der Waals surface area (Å²) in [4.78, 5) is 2.20. The van der Waals surface area contributed by atoms with E-state index in [1.54, 1.807) is 0 Å².